The molecule has 0 saturated carbocycles. The summed E-state index contributed by atoms with van der Waals surface area (Å²) in [5.74, 6) is 0. The summed E-state index contributed by atoms with van der Waals surface area (Å²) in [6, 6.07) is 7.79. The summed E-state index contributed by atoms with van der Waals surface area (Å²) in [5.41, 5.74) is 4.72. The molecule has 0 amide bonds. The number of hydrogen-bond acceptors (Lipinski definition) is 1. The third-order valence-electron chi connectivity index (χ3n) is 4.32. The zero-order valence-corrected chi connectivity index (χ0v) is 12.7. The number of aryl methyl sites for hydroxylation is 2. The van der Waals surface area contributed by atoms with Gasteiger partial charge in [-0.3, -0.25) is 0 Å². The quantitative estimate of drug-likeness (QED) is 0.694. The summed E-state index contributed by atoms with van der Waals surface area (Å²) in [6.45, 7) is 5.56. The molecule has 0 radical (unpaired) electrons. The molecule has 0 aliphatic heterocycles. The Labute approximate surface area is 118 Å². The molecule has 1 aliphatic carbocycles. The Balaban J connectivity index is 2.07. The highest BCUT2D eigenvalue weighted by molar-refractivity contribution is 5.35. The lowest BCUT2D eigenvalue weighted by Gasteiger charge is -2.22. The Kier molecular flexibility index (Phi) is 5.91. The summed E-state index contributed by atoms with van der Waals surface area (Å²) in [7, 11) is 0. The third-order valence-corrected chi connectivity index (χ3v) is 4.32. The van der Waals surface area contributed by atoms with Gasteiger partial charge in [-0.15, -0.1) is 0 Å². The van der Waals surface area contributed by atoms with E-state index in [9.17, 15) is 0 Å². The van der Waals surface area contributed by atoms with Crippen LogP contribution < -0.4 is 5.32 Å². The van der Waals surface area contributed by atoms with E-state index >= 15 is 0 Å². The van der Waals surface area contributed by atoms with E-state index in [0.717, 1.165) is 6.54 Å². The van der Waals surface area contributed by atoms with Crippen LogP contribution in [0.3, 0.4) is 0 Å². The number of unbranched alkanes of at least 4 members (excludes halogenated alkanes) is 2. The molecular formula is C18H29N. The molecule has 0 fully saturated rings. The van der Waals surface area contributed by atoms with Gasteiger partial charge in [0, 0.05) is 6.04 Å². The zero-order valence-electron chi connectivity index (χ0n) is 12.7. The predicted molar refractivity (Wildman–Crippen MR) is 83.6 cm³/mol. The van der Waals surface area contributed by atoms with Gasteiger partial charge >= 0.3 is 0 Å². The van der Waals surface area contributed by atoms with E-state index in [1.807, 2.05) is 0 Å². The smallest absolute Gasteiger partial charge is 0.0320 e. The summed E-state index contributed by atoms with van der Waals surface area (Å²) in [4.78, 5) is 0. The van der Waals surface area contributed by atoms with Crippen molar-refractivity contribution in [2.24, 2.45) is 0 Å². The molecule has 19 heavy (non-hydrogen) atoms. The second kappa shape index (κ2) is 7.69. The first-order valence-electron chi connectivity index (χ1n) is 8.20. The summed E-state index contributed by atoms with van der Waals surface area (Å²) in [6.07, 6.45) is 10.6. The van der Waals surface area contributed by atoms with Gasteiger partial charge in [0.25, 0.3) is 0 Å². The molecule has 1 nitrogen and oxygen atoms in total. The number of nitrogens with one attached hydrogen (secondary N) is 1. The van der Waals surface area contributed by atoms with Gasteiger partial charge in [-0.2, -0.15) is 0 Å². The number of benzene rings is 1. The lowest BCUT2D eigenvalue weighted by atomic mass is 9.88. The Morgan fingerprint density at radius 1 is 1.05 bits per heavy atom. The maximum absolute atomic E-state index is 3.66. The fraction of sp³-hybridized carbons (Fsp3) is 0.667. The van der Waals surface area contributed by atoms with Crippen molar-refractivity contribution in [3.05, 3.63) is 34.9 Å². The maximum Gasteiger partial charge on any atom is 0.0320 e. The fourth-order valence-electron chi connectivity index (χ4n) is 3.20. The molecule has 1 aliphatic rings. The van der Waals surface area contributed by atoms with Crippen molar-refractivity contribution in [2.75, 3.05) is 6.54 Å². The molecule has 106 valence electrons. The fourth-order valence-corrected chi connectivity index (χ4v) is 3.20. The second-order valence-electron chi connectivity index (χ2n) is 5.84. The first-order chi connectivity index (χ1) is 9.35. The van der Waals surface area contributed by atoms with Crippen LogP contribution in [-0.2, 0) is 12.8 Å². The first-order valence-corrected chi connectivity index (χ1v) is 8.20. The molecule has 1 aromatic carbocycles. The van der Waals surface area contributed by atoms with Gasteiger partial charge in [-0.25, -0.2) is 0 Å². The summed E-state index contributed by atoms with van der Waals surface area (Å²) in [5, 5.41) is 3.66. The monoisotopic (exact) mass is 259 g/mol. The Bertz CT molecular complexity index is 383. The van der Waals surface area contributed by atoms with Crippen molar-refractivity contribution in [2.45, 2.75) is 71.3 Å². The van der Waals surface area contributed by atoms with Crippen molar-refractivity contribution in [3.8, 4) is 0 Å². The highest BCUT2D eigenvalue weighted by Gasteiger charge is 2.14. The van der Waals surface area contributed by atoms with Crippen molar-refractivity contribution in [1.82, 2.24) is 5.32 Å². The maximum atomic E-state index is 3.66. The SMILES string of the molecule is CCCCCC(NCC)c1ccc2c(c1)CCCC2. The van der Waals surface area contributed by atoms with Crippen molar-refractivity contribution < 1.29 is 0 Å². The second-order valence-corrected chi connectivity index (χ2v) is 5.84. The van der Waals surface area contributed by atoms with Crippen molar-refractivity contribution in [3.63, 3.8) is 0 Å². The van der Waals surface area contributed by atoms with E-state index in [2.05, 4.69) is 37.4 Å². The summed E-state index contributed by atoms with van der Waals surface area (Å²) < 4.78 is 0. The van der Waals surface area contributed by atoms with Crippen LogP contribution in [0.4, 0.5) is 0 Å². The van der Waals surface area contributed by atoms with Gasteiger partial charge in [0.2, 0.25) is 0 Å². The van der Waals surface area contributed by atoms with E-state index in [4.69, 9.17) is 0 Å². The standard InChI is InChI=1S/C18H29N/c1-3-5-6-11-18(19-4-2)17-13-12-15-9-7-8-10-16(15)14-17/h12-14,18-19H,3-11H2,1-2H3. The molecule has 0 heterocycles. The molecule has 1 unspecified atom stereocenters. The molecule has 0 aromatic heterocycles. The largest absolute Gasteiger partial charge is 0.310 e. The normalized spacial score (nSPS) is 16.1. The van der Waals surface area contributed by atoms with E-state index in [1.54, 1.807) is 11.1 Å². The third kappa shape index (κ3) is 4.07. The minimum Gasteiger partial charge on any atom is -0.310 e. The molecular weight excluding hydrogens is 230 g/mol. The van der Waals surface area contributed by atoms with Crippen LogP contribution in [-0.4, -0.2) is 6.54 Å². The first kappa shape index (κ1) is 14.6. The van der Waals surface area contributed by atoms with Crippen LogP contribution in [0.2, 0.25) is 0 Å². The van der Waals surface area contributed by atoms with E-state index < -0.39 is 0 Å². The van der Waals surface area contributed by atoms with Gasteiger partial charge in [0.05, 0.1) is 0 Å². The molecule has 0 bridgehead atoms. The minimum atomic E-state index is 0.559. The summed E-state index contributed by atoms with van der Waals surface area (Å²) >= 11 is 0. The highest BCUT2D eigenvalue weighted by Crippen LogP contribution is 2.27. The van der Waals surface area contributed by atoms with Crippen LogP contribution in [0.15, 0.2) is 18.2 Å². The molecule has 0 spiro atoms. The van der Waals surface area contributed by atoms with Crippen LogP contribution in [0.25, 0.3) is 0 Å². The van der Waals surface area contributed by atoms with Crippen molar-refractivity contribution in [1.29, 1.82) is 0 Å². The van der Waals surface area contributed by atoms with Gasteiger partial charge in [0.1, 0.15) is 0 Å². The van der Waals surface area contributed by atoms with E-state index in [-0.39, 0.29) is 0 Å². The van der Waals surface area contributed by atoms with Gasteiger partial charge < -0.3 is 5.32 Å². The lowest BCUT2D eigenvalue weighted by Crippen LogP contribution is -2.21. The number of hydrogen-bond donors (Lipinski definition) is 1. The zero-order chi connectivity index (χ0) is 13.5. The van der Waals surface area contributed by atoms with Crippen LogP contribution in [0.5, 0.6) is 0 Å². The van der Waals surface area contributed by atoms with Crippen LogP contribution in [0, 0.1) is 0 Å². The predicted octanol–water partition coefficient (Wildman–Crippen LogP) is 4.80. The average Bonchev–Trinajstić information content (AvgIpc) is 2.46. The topological polar surface area (TPSA) is 12.0 Å². The Hall–Kier alpha value is -0.820. The van der Waals surface area contributed by atoms with Crippen LogP contribution >= 0.6 is 0 Å². The number of rotatable bonds is 7. The molecule has 1 atom stereocenters. The van der Waals surface area contributed by atoms with Gasteiger partial charge in [-0.1, -0.05) is 51.3 Å². The average molecular weight is 259 g/mol. The van der Waals surface area contributed by atoms with E-state index in [0.29, 0.717) is 6.04 Å². The van der Waals surface area contributed by atoms with E-state index in [1.165, 1.54) is 56.9 Å². The van der Waals surface area contributed by atoms with Gasteiger partial charge in [0.15, 0.2) is 0 Å². The number of fused-ring (bicyclic) bond motifs is 1. The van der Waals surface area contributed by atoms with Crippen molar-refractivity contribution >= 4 is 0 Å². The lowest BCUT2D eigenvalue weighted by molar-refractivity contribution is 0.485. The highest BCUT2D eigenvalue weighted by atomic mass is 14.9. The molecule has 0 saturated heterocycles. The van der Waals surface area contributed by atoms with Crippen LogP contribution in [0.1, 0.15) is 75.1 Å². The molecule has 2 rings (SSSR count). The Morgan fingerprint density at radius 2 is 1.84 bits per heavy atom. The molecule has 1 aromatic rings. The molecule has 1 heteroatoms. The Morgan fingerprint density at radius 3 is 2.58 bits per heavy atom. The minimum absolute atomic E-state index is 0.559. The van der Waals surface area contributed by atoms with Gasteiger partial charge in [-0.05, 0) is 55.3 Å². The molecule has 1 N–H and O–H groups in total.